The molecule has 0 bridgehead atoms. The van der Waals surface area contributed by atoms with E-state index in [0.29, 0.717) is 60.6 Å². The lowest BCUT2D eigenvalue weighted by molar-refractivity contribution is -0.140. The van der Waals surface area contributed by atoms with Crippen molar-refractivity contribution in [2.24, 2.45) is 0 Å². The van der Waals surface area contributed by atoms with Crippen molar-refractivity contribution in [2.75, 3.05) is 26.4 Å². The highest BCUT2D eigenvalue weighted by Gasteiger charge is 2.46. The molecule has 196 valence electrons. The maximum Gasteiger partial charge on any atom is 0.295 e. The molecule has 9 heteroatoms. The fourth-order valence-electron chi connectivity index (χ4n) is 4.66. The first-order chi connectivity index (χ1) is 18.5. The van der Waals surface area contributed by atoms with Gasteiger partial charge in [0, 0.05) is 24.5 Å². The van der Waals surface area contributed by atoms with Crippen molar-refractivity contribution >= 4 is 17.4 Å². The lowest BCUT2D eigenvalue weighted by atomic mass is 9.94. The van der Waals surface area contributed by atoms with Gasteiger partial charge in [-0.2, -0.15) is 0 Å². The number of rotatable bonds is 8. The molecule has 1 N–H and O–H groups in total. The minimum atomic E-state index is -0.869. The monoisotopic (exact) mass is 516 g/mol. The Morgan fingerprint density at radius 1 is 0.947 bits per heavy atom. The molecule has 3 heterocycles. The number of ketones is 1. The Hall–Kier alpha value is -4.53. The second-order valence-corrected chi connectivity index (χ2v) is 8.71. The average molecular weight is 517 g/mol. The number of likely N-dealkylation sites (tertiary alicyclic amines) is 1. The second-order valence-electron chi connectivity index (χ2n) is 8.71. The van der Waals surface area contributed by atoms with Crippen molar-refractivity contribution < 1.29 is 33.6 Å². The molecule has 1 amide bonds. The molecule has 38 heavy (non-hydrogen) atoms. The molecule has 0 radical (unpaired) electrons. The number of fused-ring (bicyclic) bond motifs is 1. The first-order valence-electron chi connectivity index (χ1n) is 12.5. The van der Waals surface area contributed by atoms with Gasteiger partial charge in [-0.25, -0.2) is 0 Å². The van der Waals surface area contributed by atoms with Crippen LogP contribution in [-0.2, 0) is 16.1 Å². The molecule has 1 aromatic heterocycles. The quantitative estimate of drug-likeness (QED) is 0.269. The van der Waals surface area contributed by atoms with E-state index in [1.54, 1.807) is 60.9 Å². The standard InChI is InChI=1S/C29H28N2O7/c1-3-35-21-7-5-19(15-23(21)36-4-2)26-25(27(32)20-6-8-22-24(16-20)38-14-13-37-22)28(33)29(34)31(26)17-18-9-11-30-12-10-18/h5-12,15-16,26,32H,3-4,13-14,17H2,1-2H3. The lowest BCUT2D eigenvalue weighted by Crippen LogP contribution is -2.29. The van der Waals surface area contributed by atoms with Crippen LogP contribution >= 0.6 is 0 Å². The number of amides is 1. The van der Waals surface area contributed by atoms with E-state index in [0.717, 1.165) is 5.56 Å². The largest absolute Gasteiger partial charge is 0.507 e. The zero-order chi connectivity index (χ0) is 26.6. The third-order valence-corrected chi connectivity index (χ3v) is 6.34. The Morgan fingerprint density at radius 2 is 1.66 bits per heavy atom. The highest BCUT2D eigenvalue weighted by molar-refractivity contribution is 6.46. The number of nitrogens with zero attached hydrogens (tertiary/aromatic N) is 2. The second kappa shape index (κ2) is 10.8. The SMILES string of the molecule is CCOc1ccc(C2C(=C(O)c3ccc4c(c3)OCCO4)C(=O)C(=O)N2Cc2ccncc2)cc1OCC. The Kier molecular flexibility index (Phi) is 7.17. The summed E-state index contributed by atoms with van der Waals surface area (Å²) >= 11 is 0. The van der Waals surface area contributed by atoms with Gasteiger partial charge in [0.2, 0.25) is 0 Å². The zero-order valence-corrected chi connectivity index (χ0v) is 21.2. The van der Waals surface area contributed by atoms with Crippen LogP contribution in [0, 0.1) is 0 Å². The number of aliphatic hydroxyl groups is 1. The Balaban J connectivity index is 1.65. The minimum Gasteiger partial charge on any atom is -0.507 e. The topological polar surface area (TPSA) is 107 Å². The fraction of sp³-hybridized carbons (Fsp3) is 0.276. The summed E-state index contributed by atoms with van der Waals surface area (Å²) in [6, 6.07) is 12.9. The number of aliphatic hydroxyl groups excluding tert-OH is 1. The van der Waals surface area contributed by atoms with Gasteiger partial charge in [-0.1, -0.05) is 6.07 Å². The maximum absolute atomic E-state index is 13.4. The van der Waals surface area contributed by atoms with E-state index in [2.05, 4.69) is 4.98 Å². The number of Topliss-reactive ketones (excluding diaryl/α,β-unsaturated/α-hetero) is 1. The normalized spacial score (nSPS) is 17.9. The summed E-state index contributed by atoms with van der Waals surface area (Å²) in [7, 11) is 0. The van der Waals surface area contributed by atoms with Gasteiger partial charge in [-0.05, 0) is 67.4 Å². The lowest BCUT2D eigenvalue weighted by Gasteiger charge is -2.26. The van der Waals surface area contributed by atoms with E-state index in [4.69, 9.17) is 18.9 Å². The van der Waals surface area contributed by atoms with Gasteiger partial charge in [-0.3, -0.25) is 14.6 Å². The smallest absolute Gasteiger partial charge is 0.295 e. The third-order valence-electron chi connectivity index (χ3n) is 6.34. The van der Waals surface area contributed by atoms with Crippen molar-refractivity contribution in [1.82, 2.24) is 9.88 Å². The minimum absolute atomic E-state index is 0.0210. The third kappa shape index (κ3) is 4.74. The summed E-state index contributed by atoms with van der Waals surface area (Å²) in [6.07, 6.45) is 3.25. The van der Waals surface area contributed by atoms with Gasteiger partial charge in [0.1, 0.15) is 19.0 Å². The molecular formula is C29H28N2O7. The van der Waals surface area contributed by atoms with Crippen molar-refractivity contribution in [3.63, 3.8) is 0 Å². The molecule has 0 saturated carbocycles. The summed E-state index contributed by atoms with van der Waals surface area (Å²) in [4.78, 5) is 32.3. The van der Waals surface area contributed by atoms with E-state index < -0.39 is 17.7 Å². The van der Waals surface area contributed by atoms with Crippen LogP contribution in [0.1, 0.15) is 36.6 Å². The number of hydrogen-bond acceptors (Lipinski definition) is 8. The van der Waals surface area contributed by atoms with Crippen LogP contribution in [0.2, 0.25) is 0 Å². The average Bonchev–Trinajstić information content (AvgIpc) is 3.19. The maximum atomic E-state index is 13.4. The van der Waals surface area contributed by atoms with Gasteiger partial charge in [0.05, 0.1) is 24.8 Å². The van der Waals surface area contributed by atoms with E-state index in [1.165, 1.54) is 4.90 Å². The molecule has 0 aliphatic carbocycles. The number of benzene rings is 2. The number of carbonyl (C=O) groups excluding carboxylic acids is 2. The van der Waals surface area contributed by atoms with Crippen LogP contribution in [-0.4, -0.2) is 53.1 Å². The summed E-state index contributed by atoms with van der Waals surface area (Å²) in [6.45, 7) is 5.54. The van der Waals surface area contributed by atoms with Crippen molar-refractivity contribution in [2.45, 2.75) is 26.4 Å². The summed E-state index contributed by atoms with van der Waals surface area (Å²) in [5.41, 5.74) is 1.72. The van der Waals surface area contributed by atoms with Gasteiger partial charge in [0.15, 0.2) is 23.0 Å². The van der Waals surface area contributed by atoms with Crippen molar-refractivity contribution in [3.8, 4) is 23.0 Å². The molecule has 3 aromatic rings. The Bertz CT molecular complexity index is 1390. The van der Waals surface area contributed by atoms with Crippen molar-refractivity contribution in [1.29, 1.82) is 0 Å². The van der Waals surface area contributed by atoms with E-state index in [1.807, 2.05) is 13.8 Å². The van der Waals surface area contributed by atoms with Gasteiger partial charge in [-0.15, -0.1) is 0 Å². The number of ether oxygens (including phenoxy) is 4. The zero-order valence-electron chi connectivity index (χ0n) is 21.2. The molecule has 2 aliphatic heterocycles. The molecule has 1 unspecified atom stereocenters. The van der Waals surface area contributed by atoms with Crippen LogP contribution in [0.5, 0.6) is 23.0 Å². The highest BCUT2D eigenvalue weighted by atomic mass is 16.6. The first kappa shape index (κ1) is 25.1. The summed E-state index contributed by atoms with van der Waals surface area (Å²) < 4.78 is 22.7. The van der Waals surface area contributed by atoms with Crippen molar-refractivity contribution in [3.05, 3.63) is 83.2 Å². The van der Waals surface area contributed by atoms with Crippen LogP contribution in [0.4, 0.5) is 0 Å². The molecule has 1 fully saturated rings. The number of carbonyl (C=O) groups is 2. The number of pyridine rings is 1. The highest BCUT2D eigenvalue weighted by Crippen LogP contribution is 2.43. The molecule has 9 nitrogen and oxygen atoms in total. The van der Waals surface area contributed by atoms with Gasteiger partial charge >= 0.3 is 0 Å². The Labute approximate surface area is 220 Å². The van der Waals surface area contributed by atoms with Crippen LogP contribution in [0.15, 0.2) is 66.5 Å². The van der Waals surface area contributed by atoms with Gasteiger partial charge < -0.3 is 29.0 Å². The van der Waals surface area contributed by atoms with E-state index >= 15 is 0 Å². The van der Waals surface area contributed by atoms with Gasteiger partial charge in [0.25, 0.3) is 11.7 Å². The van der Waals surface area contributed by atoms with Crippen LogP contribution in [0.25, 0.3) is 5.76 Å². The predicted octanol–water partition coefficient (Wildman–Crippen LogP) is 4.27. The molecule has 1 saturated heterocycles. The predicted molar refractivity (Wildman–Crippen MR) is 138 cm³/mol. The van der Waals surface area contributed by atoms with Crippen LogP contribution in [0.3, 0.4) is 0 Å². The van der Waals surface area contributed by atoms with E-state index in [9.17, 15) is 14.7 Å². The van der Waals surface area contributed by atoms with Crippen LogP contribution < -0.4 is 18.9 Å². The molecule has 1 atom stereocenters. The summed E-state index contributed by atoms with van der Waals surface area (Å²) in [5, 5.41) is 11.5. The molecule has 2 aromatic carbocycles. The number of hydrogen-bond donors (Lipinski definition) is 1. The molecule has 2 aliphatic rings. The molecule has 5 rings (SSSR count). The molecule has 0 spiro atoms. The summed E-state index contributed by atoms with van der Waals surface area (Å²) in [5.74, 6) is 0.269. The number of aromatic nitrogens is 1. The fourth-order valence-corrected chi connectivity index (χ4v) is 4.66. The Morgan fingerprint density at radius 3 is 2.39 bits per heavy atom. The van der Waals surface area contributed by atoms with E-state index in [-0.39, 0.29) is 17.9 Å². The first-order valence-corrected chi connectivity index (χ1v) is 12.5. The molecular weight excluding hydrogens is 488 g/mol.